The van der Waals surface area contributed by atoms with E-state index in [-0.39, 0.29) is 24.6 Å². The molecule has 1 atom stereocenters. The summed E-state index contributed by atoms with van der Waals surface area (Å²) in [7, 11) is 0. The van der Waals surface area contributed by atoms with Crippen molar-refractivity contribution in [3.05, 3.63) is 28.5 Å². The first-order valence-electron chi connectivity index (χ1n) is 6.69. The lowest BCUT2D eigenvalue weighted by Crippen LogP contribution is -2.47. The number of anilines is 1. The van der Waals surface area contributed by atoms with Crippen molar-refractivity contribution in [1.29, 1.82) is 0 Å². The fraction of sp³-hybridized carbons (Fsp3) is 0.429. The minimum Gasteiger partial charge on any atom is -0.480 e. The molecule has 22 heavy (non-hydrogen) atoms. The number of rotatable bonds is 4. The van der Waals surface area contributed by atoms with Crippen LogP contribution in [0.3, 0.4) is 0 Å². The van der Waals surface area contributed by atoms with Gasteiger partial charge in [0, 0.05) is 4.47 Å². The number of hydrogen-bond donors (Lipinski definition) is 2. The van der Waals surface area contributed by atoms with E-state index >= 15 is 0 Å². The first kappa shape index (κ1) is 18.9. The van der Waals surface area contributed by atoms with Gasteiger partial charge in [-0.2, -0.15) is 0 Å². The molecule has 1 saturated heterocycles. The third-order valence-corrected chi connectivity index (χ3v) is 3.94. The summed E-state index contributed by atoms with van der Waals surface area (Å²) in [5.41, 5.74) is 0.0899. The molecule has 0 bridgehead atoms. The fourth-order valence-electron chi connectivity index (χ4n) is 2.42. The second-order valence-electron chi connectivity index (χ2n) is 4.99. The van der Waals surface area contributed by atoms with Gasteiger partial charge in [-0.3, -0.25) is 14.5 Å². The van der Waals surface area contributed by atoms with Crippen molar-refractivity contribution in [1.82, 2.24) is 4.90 Å². The Morgan fingerprint density at radius 3 is 2.77 bits per heavy atom. The van der Waals surface area contributed by atoms with Crippen LogP contribution in [0.2, 0.25) is 0 Å². The number of hydrogen-bond acceptors (Lipinski definition) is 3. The first-order valence-corrected chi connectivity index (χ1v) is 7.48. The van der Waals surface area contributed by atoms with Crippen LogP contribution in [0, 0.1) is 5.82 Å². The number of amides is 1. The molecule has 1 unspecified atom stereocenters. The van der Waals surface area contributed by atoms with E-state index < -0.39 is 23.7 Å². The Balaban J connectivity index is 0.00000242. The summed E-state index contributed by atoms with van der Waals surface area (Å²) >= 11 is 3.14. The van der Waals surface area contributed by atoms with Crippen LogP contribution in [-0.2, 0) is 9.59 Å². The smallest absolute Gasteiger partial charge is 0.320 e. The number of carbonyl (C=O) groups excluding carboxylic acids is 1. The van der Waals surface area contributed by atoms with E-state index in [2.05, 4.69) is 21.2 Å². The zero-order chi connectivity index (χ0) is 15.4. The molecule has 1 aromatic rings. The second-order valence-corrected chi connectivity index (χ2v) is 5.91. The van der Waals surface area contributed by atoms with Crippen molar-refractivity contribution < 1.29 is 19.1 Å². The number of carboxylic acid groups (broad SMARTS) is 1. The van der Waals surface area contributed by atoms with Gasteiger partial charge in [0.05, 0.1) is 12.2 Å². The Hall–Kier alpha value is -1.18. The molecule has 1 heterocycles. The summed E-state index contributed by atoms with van der Waals surface area (Å²) < 4.78 is 14.2. The van der Waals surface area contributed by atoms with E-state index in [1.54, 1.807) is 11.0 Å². The summed E-state index contributed by atoms with van der Waals surface area (Å²) in [6, 6.07) is 3.71. The van der Waals surface area contributed by atoms with Gasteiger partial charge in [-0.15, -0.1) is 12.4 Å². The number of benzene rings is 1. The highest BCUT2D eigenvalue weighted by molar-refractivity contribution is 9.10. The van der Waals surface area contributed by atoms with Crippen LogP contribution < -0.4 is 5.32 Å². The quantitative estimate of drug-likeness (QED) is 0.822. The zero-order valence-corrected chi connectivity index (χ0v) is 14.1. The highest BCUT2D eigenvalue weighted by atomic mass is 79.9. The average molecular weight is 396 g/mol. The van der Waals surface area contributed by atoms with Crippen molar-refractivity contribution in [2.75, 3.05) is 18.4 Å². The zero-order valence-electron chi connectivity index (χ0n) is 11.7. The second kappa shape index (κ2) is 8.45. The normalized spacial score (nSPS) is 18.4. The lowest BCUT2D eigenvalue weighted by atomic mass is 10.0. The monoisotopic (exact) mass is 394 g/mol. The Morgan fingerprint density at radius 2 is 2.14 bits per heavy atom. The molecule has 1 amide bonds. The van der Waals surface area contributed by atoms with E-state index in [1.807, 2.05) is 0 Å². The van der Waals surface area contributed by atoms with Crippen molar-refractivity contribution in [3.63, 3.8) is 0 Å². The number of likely N-dealkylation sites (tertiary alicyclic amines) is 1. The Kier molecular flexibility index (Phi) is 7.25. The Labute approximate surface area is 142 Å². The maximum atomic E-state index is 13.6. The van der Waals surface area contributed by atoms with E-state index in [4.69, 9.17) is 5.11 Å². The van der Waals surface area contributed by atoms with E-state index in [1.165, 1.54) is 12.1 Å². The van der Waals surface area contributed by atoms with E-state index in [0.717, 1.165) is 12.8 Å². The predicted octanol–water partition coefficient (Wildman–Crippen LogP) is 2.89. The Bertz CT molecular complexity index is 559. The number of piperidine rings is 1. The van der Waals surface area contributed by atoms with Crippen LogP contribution in [0.4, 0.5) is 10.1 Å². The van der Waals surface area contributed by atoms with Gasteiger partial charge in [0.25, 0.3) is 0 Å². The summed E-state index contributed by atoms with van der Waals surface area (Å²) in [6.45, 7) is 0.514. The summed E-state index contributed by atoms with van der Waals surface area (Å²) in [5.74, 6) is -1.87. The molecule has 0 aliphatic carbocycles. The number of nitrogens with one attached hydrogen (secondary N) is 1. The molecular weight excluding hydrogens is 379 g/mol. The van der Waals surface area contributed by atoms with E-state index in [0.29, 0.717) is 17.4 Å². The van der Waals surface area contributed by atoms with E-state index in [9.17, 15) is 14.0 Å². The number of carboxylic acids is 1. The van der Waals surface area contributed by atoms with Gasteiger partial charge in [0.15, 0.2) is 0 Å². The molecule has 0 spiro atoms. The molecule has 2 rings (SSSR count). The lowest BCUT2D eigenvalue weighted by molar-refractivity contribution is -0.145. The standard InChI is InChI=1S/C14H16BrFN2O3.ClH/c15-9-4-5-11(10(16)7-9)17-13(19)8-18-6-2-1-3-12(18)14(20)21;/h4-5,7,12H,1-3,6,8H2,(H,17,19)(H,20,21);1H. The van der Waals surface area contributed by atoms with Crippen LogP contribution in [0.5, 0.6) is 0 Å². The topological polar surface area (TPSA) is 69.6 Å². The van der Waals surface area contributed by atoms with Gasteiger partial charge >= 0.3 is 5.97 Å². The minimum atomic E-state index is -0.919. The third kappa shape index (κ3) is 4.93. The number of carbonyl (C=O) groups is 2. The fourth-order valence-corrected chi connectivity index (χ4v) is 2.76. The van der Waals surface area contributed by atoms with Gasteiger partial charge in [0.2, 0.25) is 5.91 Å². The maximum Gasteiger partial charge on any atom is 0.320 e. The van der Waals surface area contributed by atoms with Crippen LogP contribution in [-0.4, -0.2) is 41.0 Å². The molecule has 5 nitrogen and oxygen atoms in total. The molecule has 1 aliphatic heterocycles. The van der Waals surface area contributed by atoms with Gasteiger partial charge in [-0.1, -0.05) is 22.4 Å². The molecule has 2 N–H and O–H groups in total. The molecule has 1 aromatic carbocycles. The summed E-state index contributed by atoms with van der Waals surface area (Å²) in [6.07, 6.45) is 2.25. The van der Waals surface area contributed by atoms with Gasteiger partial charge < -0.3 is 10.4 Å². The van der Waals surface area contributed by atoms with Crippen LogP contribution in [0.1, 0.15) is 19.3 Å². The lowest BCUT2D eigenvalue weighted by Gasteiger charge is -2.32. The SMILES string of the molecule is Cl.O=C(CN1CCCCC1C(=O)O)Nc1ccc(Br)cc1F. The van der Waals surface area contributed by atoms with Gasteiger partial charge in [0.1, 0.15) is 11.9 Å². The molecule has 1 fully saturated rings. The van der Waals surface area contributed by atoms with Crippen LogP contribution in [0.15, 0.2) is 22.7 Å². The van der Waals surface area contributed by atoms with Crippen LogP contribution >= 0.6 is 28.3 Å². The summed E-state index contributed by atoms with van der Waals surface area (Å²) in [5, 5.41) is 11.6. The largest absolute Gasteiger partial charge is 0.480 e. The minimum absolute atomic E-state index is 0. The maximum absolute atomic E-state index is 13.6. The molecule has 8 heteroatoms. The molecule has 0 radical (unpaired) electrons. The molecule has 1 aliphatic rings. The molecular formula is C14H17BrClFN2O3. The van der Waals surface area contributed by atoms with Gasteiger partial charge in [-0.05, 0) is 37.6 Å². The third-order valence-electron chi connectivity index (χ3n) is 3.45. The Morgan fingerprint density at radius 1 is 1.41 bits per heavy atom. The first-order chi connectivity index (χ1) is 9.97. The molecule has 122 valence electrons. The van der Waals surface area contributed by atoms with Gasteiger partial charge in [-0.25, -0.2) is 4.39 Å². The van der Waals surface area contributed by atoms with Crippen LogP contribution in [0.25, 0.3) is 0 Å². The average Bonchev–Trinajstić information content (AvgIpc) is 2.42. The predicted molar refractivity (Wildman–Crippen MR) is 86.8 cm³/mol. The summed E-state index contributed by atoms with van der Waals surface area (Å²) in [4.78, 5) is 24.7. The molecule has 0 saturated carbocycles. The highest BCUT2D eigenvalue weighted by Crippen LogP contribution is 2.20. The number of aliphatic carboxylic acids is 1. The van der Waals surface area contributed by atoms with Crippen molar-refractivity contribution in [2.45, 2.75) is 25.3 Å². The number of halogens is 3. The number of nitrogens with zero attached hydrogens (tertiary/aromatic N) is 1. The van der Waals surface area contributed by atoms with Crippen molar-refractivity contribution in [3.8, 4) is 0 Å². The van der Waals surface area contributed by atoms with Crippen molar-refractivity contribution in [2.24, 2.45) is 0 Å². The highest BCUT2D eigenvalue weighted by Gasteiger charge is 2.29. The van der Waals surface area contributed by atoms with Crippen molar-refractivity contribution >= 4 is 45.9 Å². The molecule has 0 aromatic heterocycles.